The first-order chi connectivity index (χ1) is 40.8. The fourth-order valence-electron chi connectivity index (χ4n) is 15.1. The Balaban J connectivity index is 1.06. The van der Waals surface area contributed by atoms with Crippen molar-refractivity contribution in [3.63, 3.8) is 0 Å². The Hall–Kier alpha value is -8.47. The van der Waals surface area contributed by atoms with E-state index in [2.05, 4.69) is 300 Å². The third-order valence-corrected chi connectivity index (χ3v) is 19.9. The number of fused-ring (bicyclic) bond motifs is 14. The topological polar surface area (TPSA) is 22.3 Å². The Bertz CT molecular complexity index is 4910. The molecule has 0 bridgehead atoms. The van der Waals surface area contributed by atoms with E-state index in [1.807, 2.05) is 0 Å². The van der Waals surface area contributed by atoms with Gasteiger partial charge < -0.3 is 18.8 Å². The lowest BCUT2D eigenvalue weighted by Gasteiger charge is -2.42. The van der Waals surface area contributed by atoms with Crippen LogP contribution in [0.1, 0.15) is 132 Å². The van der Waals surface area contributed by atoms with Gasteiger partial charge in [-0.3, -0.25) is 0 Å². The Morgan fingerprint density at radius 2 is 0.733 bits per heavy atom. The standard InChI is InChI=1S/C80H75B2N3O/c1-76(2,3)50-26-30-55(31-27-50)83-66-45-70-61(82-63-43-54(80(13,14)15)41-59-57-39-52(78(7,8)9)29-33-65(57)85(75(59)63)69-36-49(37-71(86-70)73(69)82)47-24-20-17-21-25-47)44-60(66)81-62-42-53(79(10,11)12)40-58-56-38-51(77(4,5)6)28-32-64(56)84(74(58)62)68-35-48(34-67(83)72(68)81)46-22-18-16-19-23-46/h16-45H,1-15H3. The molecule has 0 spiro atoms. The number of hydrogen-bond acceptors (Lipinski definition) is 2. The number of anilines is 3. The molecule has 4 aliphatic heterocycles. The molecule has 2 aromatic heterocycles. The highest BCUT2D eigenvalue weighted by molar-refractivity contribution is 7.02. The average Bonchev–Trinajstić information content (AvgIpc) is 1.36. The smallest absolute Gasteiger partial charge is 0.256 e. The van der Waals surface area contributed by atoms with Crippen molar-refractivity contribution < 1.29 is 4.74 Å². The van der Waals surface area contributed by atoms with Crippen molar-refractivity contribution in [3.05, 3.63) is 210 Å². The van der Waals surface area contributed by atoms with Gasteiger partial charge in [-0.2, -0.15) is 0 Å². The van der Waals surface area contributed by atoms with Crippen molar-refractivity contribution >= 4 is 107 Å². The first kappa shape index (κ1) is 53.0. The third-order valence-electron chi connectivity index (χ3n) is 19.9. The summed E-state index contributed by atoms with van der Waals surface area (Å²) in [5.74, 6) is 1.81. The van der Waals surface area contributed by atoms with E-state index in [1.54, 1.807) is 0 Å². The second-order valence-electron chi connectivity index (χ2n) is 30.7. The van der Waals surface area contributed by atoms with Crippen LogP contribution in [0.5, 0.6) is 11.5 Å². The van der Waals surface area contributed by atoms with E-state index in [0.717, 1.165) is 28.4 Å². The van der Waals surface area contributed by atoms with Gasteiger partial charge in [-0.15, -0.1) is 0 Å². The number of ether oxygens (including phenoxy) is 1. The zero-order chi connectivity index (χ0) is 59.6. The number of rotatable bonds is 3. The second-order valence-corrected chi connectivity index (χ2v) is 30.7. The summed E-state index contributed by atoms with van der Waals surface area (Å²) in [5, 5.41) is 5.23. The van der Waals surface area contributed by atoms with Gasteiger partial charge >= 0.3 is 0 Å². The molecule has 0 aliphatic carbocycles. The lowest BCUT2D eigenvalue weighted by molar-refractivity contribution is 0.487. The van der Waals surface area contributed by atoms with Gasteiger partial charge in [0.05, 0.1) is 11.0 Å². The minimum Gasteiger partial charge on any atom is -0.458 e. The molecule has 16 rings (SSSR count). The van der Waals surface area contributed by atoms with E-state index in [4.69, 9.17) is 4.74 Å². The predicted molar refractivity (Wildman–Crippen MR) is 370 cm³/mol. The van der Waals surface area contributed by atoms with E-state index >= 15 is 0 Å². The highest BCUT2D eigenvalue weighted by Gasteiger charge is 2.48. The molecule has 0 atom stereocenters. The molecule has 4 nitrogen and oxygen atoms in total. The van der Waals surface area contributed by atoms with Gasteiger partial charge in [0.15, 0.2) is 0 Å². The predicted octanol–water partition coefficient (Wildman–Crippen LogP) is 17.3. The summed E-state index contributed by atoms with van der Waals surface area (Å²) in [5.41, 5.74) is 29.7. The van der Waals surface area contributed by atoms with Crippen LogP contribution in [0.15, 0.2) is 182 Å². The van der Waals surface area contributed by atoms with Crippen LogP contribution in [0.4, 0.5) is 17.1 Å². The molecule has 422 valence electrons. The molecule has 86 heavy (non-hydrogen) atoms. The molecule has 0 saturated heterocycles. The van der Waals surface area contributed by atoms with Gasteiger partial charge in [0.25, 0.3) is 13.4 Å². The summed E-state index contributed by atoms with van der Waals surface area (Å²) in [6.45, 7) is 35.0. The third kappa shape index (κ3) is 7.69. The number of aromatic nitrogens is 2. The van der Waals surface area contributed by atoms with Crippen LogP contribution in [0.3, 0.4) is 0 Å². The lowest BCUT2D eigenvalue weighted by atomic mass is 9.30. The molecule has 4 aliphatic rings. The van der Waals surface area contributed by atoms with Gasteiger partial charge in [-0.25, -0.2) is 0 Å². The molecule has 12 aromatic rings. The largest absolute Gasteiger partial charge is 0.458 e. The summed E-state index contributed by atoms with van der Waals surface area (Å²) >= 11 is 0. The maximum Gasteiger partial charge on any atom is 0.256 e. The fraction of sp³-hybridized carbons (Fsp3) is 0.250. The van der Waals surface area contributed by atoms with Crippen LogP contribution in [-0.2, 0) is 27.1 Å². The zero-order valence-electron chi connectivity index (χ0n) is 52.7. The summed E-state index contributed by atoms with van der Waals surface area (Å²) in [6, 6.07) is 71.0. The van der Waals surface area contributed by atoms with Crippen molar-refractivity contribution in [2.24, 2.45) is 0 Å². The maximum absolute atomic E-state index is 7.76. The monoisotopic (exact) mass is 1120 g/mol. The van der Waals surface area contributed by atoms with Crippen molar-refractivity contribution in [2.75, 3.05) is 4.90 Å². The fourth-order valence-corrected chi connectivity index (χ4v) is 15.1. The Labute approximate surface area is 508 Å². The molecule has 0 saturated carbocycles. The Morgan fingerprint density at radius 3 is 1.22 bits per heavy atom. The highest BCUT2D eigenvalue weighted by atomic mass is 16.5. The lowest BCUT2D eigenvalue weighted by Crippen LogP contribution is -2.63. The SMILES string of the molecule is CC(C)(C)c1ccc(N2c3cc4c(cc3B3c5c2cc(-c2ccccc2)cc5-n2c5ccc(C(C)(C)C)cc5c5cc(C(C)(C)C)cc3c52)B2c3c(cc(-c5ccccc5)cc3-n3c5ccc(C(C)(C)C)cc5c5cc(C(C)(C)C)cc2c53)O4)cc1. The molecule has 0 radical (unpaired) electrons. The van der Waals surface area contributed by atoms with Crippen LogP contribution < -0.4 is 42.4 Å². The molecular formula is C80H75B2N3O. The van der Waals surface area contributed by atoms with Crippen LogP contribution in [0.25, 0.3) is 77.2 Å². The van der Waals surface area contributed by atoms with E-state index in [-0.39, 0.29) is 40.5 Å². The van der Waals surface area contributed by atoms with Crippen molar-refractivity contribution in [2.45, 2.75) is 131 Å². The molecular weight excluding hydrogens is 1040 g/mol. The minimum atomic E-state index is -0.129. The zero-order valence-corrected chi connectivity index (χ0v) is 52.7. The van der Waals surface area contributed by atoms with Gasteiger partial charge in [0, 0.05) is 67.1 Å². The van der Waals surface area contributed by atoms with Crippen molar-refractivity contribution in [3.8, 4) is 45.1 Å². The van der Waals surface area contributed by atoms with E-state index < -0.39 is 0 Å². The molecule has 0 fully saturated rings. The van der Waals surface area contributed by atoms with Crippen LogP contribution in [0.2, 0.25) is 0 Å². The number of nitrogens with zero attached hydrogens (tertiary/aromatic N) is 3. The Morgan fingerprint density at radius 1 is 0.302 bits per heavy atom. The van der Waals surface area contributed by atoms with Crippen LogP contribution in [-0.4, -0.2) is 22.6 Å². The van der Waals surface area contributed by atoms with Gasteiger partial charge in [0.2, 0.25) is 0 Å². The first-order valence-electron chi connectivity index (χ1n) is 31.3. The van der Waals surface area contributed by atoms with Gasteiger partial charge in [-0.1, -0.05) is 207 Å². The maximum atomic E-state index is 7.76. The normalized spacial score (nSPS) is 14.2. The molecule has 0 amide bonds. The summed E-state index contributed by atoms with van der Waals surface area (Å²) in [4.78, 5) is 2.59. The average molecular weight is 1120 g/mol. The first-order valence-corrected chi connectivity index (χ1v) is 31.3. The van der Waals surface area contributed by atoms with Crippen molar-refractivity contribution in [1.29, 1.82) is 0 Å². The molecule has 0 unspecified atom stereocenters. The molecule has 10 aromatic carbocycles. The number of benzene rings is 10. The highest BCUT2D eigenvalue weighted by Crippen LogP contribution is 2.48. The molecule has 0 N–H and O–H groups in total. The molecule has 6 heteroatoms. The van der Waals surface area contributed by atoms with E-state index in [9.17, 15) is 0 Å². The van der Waals surface area contributed by atoms with Gasteiger partial charge in [-0.05, 0) is 183 Å². The minimum absolute atomic E-state index is 0.0218. The second kappa shape index (κ2) is 17.6. The summed E-state index contributed by atoms with van der Waals surface area (Å²) in [7, 11) is 0. The van der Waals surface area contributed by atoms with E-state index in [0.29, 0.717) is 0 Å². The van der Waals surface area contributed by atoms with Crippen LogP contribution >= 0.6 is 0 Å². The van der Waals surface area contributed by atoms with Crippen LogP contribution in [0, 0.1) is 0 Å². The van der Waals surface area contributed by atoms with Gasteiger partial charge in [0.1, 0.15) is 11.5 Å². The van der Waals surface area contributed by atoms with E-state index in [1.165, 1.54) is 138 Å². The number of hydrogen-bond donors (Lipinski definition) is 0. The Kier molecular flexibility index (Phi) is 10.8. The molecule has 6 heterocycles. The van der Waals surface area contributed by atoms with Crippen molar-refractivity contribution in [1.82, 2.24) is 9.13 Å². The quantitative estimate of drug-likeness (QED) is 0.165. The summed E-state index contributed by atoms with van der Waals surface area (Å²) in [6.07, 6.45) is 0. The summed E-state index contributed by atoms with van der Waals surface area (Å²) < 4.78 is 13.0.